The van der Waals surface area contributed by atoms with Gasteiger partial charge in [0.1, 0.15) is 6.61 Å². The summed E-state index contributed by atoms with van der Waals surface area (Å²) in [5.74, 6) is 0.682. The first-order valence-electron chi connectivity index (χ1n) is 5.56. The van der Waals surface area contributed by atoms with E-state index in [1.165, 1.54) is 5.56 Å². The average molecular weight is 224 g/mol. The molecule has 16 heavy (non-hydrogen) atoms. The minimum Gasteiger partial charge on any atom is -0.475 e. The Labute approximate surface area is 97.0 Å². The van der Waals surface area contributed by atoms with Gasteiger partial charge < -0.3 is 14.8 Å². The average Bonchev–Trinajstić information content (AvgIpc) is 2.29. The van der Waals surface area contributed by atoms with E-state index in [0.29, 0.717) is 19.1 Å². The molecule has 0 aliphatic heterocycles. The number of hydrogen-bond acceptors (Lipinski definition) is 4. The molecule has 1 rings (SSSR count). The topological polar surface area (TPSA) is 43.4 Å². The van der Waals surface area contributed by atoms with Crippen LogP contribution in [0.25, 0.3) is 0 Å². The van der Waals surface area contributed by atoms with Crippen molar-refractivity contribution < 1.29 is 9.47 Å². The van der Waals surface area contributed by atoms with Gasteiger partial charge in [0.15, 0.2) is 0 Å². The van der Waals surface area contributed by atoms with Crippen molar-refractivity contribution in [1.82, 2.24) is 10.3 Å². The van der Waals surface area contributed by atoms with Crippen LogP contribution < -0.4 is 10.1 Å². The number of pyridine rings is 1. The Morgan fingerprint density at radius 3 is 2.75 bits per heavy atom. The zero-order valence-corrected chi connectivity index (χ0v) is 10.2. The van der Waals surface area contributed by atoms with E-state index in [9.17, 15) is 0 Å². The molecule has 0 spiro atoms. The zero-order valence-electron chi connectivity index (χ0n) is 10.2. The highest BCUT2D eigenvalue weighted by Crippen LogP contribution is 2.13. The summed E-state index contributed by atoms with van der Waals surface area (Å²) in [4.78, 5) is 4.40. The Kier molecular flexibility index (Phi) is 5.82. The van der Waals surface area contributed by atoms with Gasteiger partial charge in [0.05, 0.1) is 6.61 Å². The summed E-state index contributed by atoms with van der Waals surface area (Å²) >= 11 is 0. The summed E-state index contributed by atoms with van der Waals surface area (Å²) in [6.07, 6.45) is 0.915. The van der Waals surface area contributed by atoms with Crippen LogP contribution in [0, 0.1) is 0 Å². The standard InChI is InChI=1S/C12H20N2O2/c1-4-11-7-10(9-13-2)8-12(14-11)16-6-5-15-3/h7-8,13H,4-6,9H2,1-3H3. The number of hydrogen-bond donors (Lipinski definition) is 1. The van der Waals surface area contributed by atoms with Crippen molar-refractivity contribution in [3.05, 3.63) is 23.4 Å². The molecule has 0 aliphatic rings. The quantitative estimate of drug-likeness (QED) is 0.711. The molecule has 0 unspecified atom stereocenters. The molecule has 1 aromatic heterocycles. The molecule has 0 fully saturated rings. The first-order valence-corrected chi connectivity index (χ1v) is 5.56. The zero-order chi connectivity index (χ0) is 11.8. The number of aromatic nitrogens is 1. The van der Waals surface area contributed by atoms with Gasteiger partial charge in [-0.2, -0.15) is 0 Å². The van der Waals surface area contributed by atoms with Crippen molar-refractivity contribution in [3.8, 4) is 5.88 Å². The Balaban J connectivity index is 2.69. The molecular formula is C12H20N2O2. The van der Waals surface area contributed by atoms with Crippen molar-refractivity contribution in [1.29, 1.82) is 0 Å². The molecule has 0 saturated carbocycles. The lowest BCUT2D eigenvalue weighted by Crippen LogP contribution is -2.09. The Morgan fingerprint density at radius 1 is 1.31 bits per heavy atom. The van der Waals surface area contributed by atoms with Gasteiger partial charge in [-0.25, -0.2) is 4.98 Å². The van der Waals surface area contributed by atoms with Crippen LogP contribution in [0.1, 0.15) is 18.2 Å². The maximum absolute atomic E-state index is 5.51. The second kappa shape index (κ2) is 7.19. The highest BCUT2D eigenvalue weighted by Gasteiger charge is 2.02. The molecule has 0 atom stereocenters. The highest BCUT2D eigenvalue weighted by molar-refractivity contribution is 5.25. The van der Waals surface area contributed by atoms with Crippen molar-refractivity contribution in [2.75, 3.05) is 27.4 Å². The minimum absolute atomic E-state index is 0.537. The molecule has 4 nitrogen and oxygen atoms in total. The van der Waals surface area contributed by atoms with Gasteiger partial charge in [-0.05, 0) is 25.1 Å². The number of ether oxygens (including phenoxy) is 2. The van der Waals surface area contributed by atoms with E-state index in [1.54, 1.807) is 7.11 Å². The fourth-order valence-corrected chi connectivity index (χ4v) is 1.41. The molecule has 1 N–H and O–H groups in total. The molecule has 4 heteroatoms. The molecule has 1 heterocycles. The number of aryl methyl sites for hydroxylation is 1. The molecule has 1 aromatic rings. The normalized spacial score (nSPS) is 10.4. The molecule has 0 aromatic carbocycles. The number of rotatable bonds is 7. The van der Waals surface area contributed by atoms with Crippen molar-refractivity contribution in [2.24, 2.45) is 0 Å². The third-order valence-electron chi connectivity index (χ3n) is 2.20. The summed E-state index contributed by atoms with van der Waals surface area (Å²) in [7, 11) is 3.59. The third kappa shape index (κ3) is 4.16. The first kappa shape index (κ1) is 12.9. The fraction of sp³-hybridized carbons (Fsp3) is 0.583. The van der Waals surface area contributed by atoms with Crippen LogP contribution in [0.4, 0.5) is 0 Å². The summed E-state index contributed by atoms with van der Waals surface area (Å²) < 4.78 is 10.4. The van der Waals surface area contributed by atoms with Gasteiger partial charge in [-0.15, -0.1) is 0 Å². The van der Waals surface area contributed by atoms with E-state index >= 15 is 0 Å². The highest BCUT2D eigenvalue weighted by atomic mass is 16.5. The van der Waals surface area contributed by atoms with Crippen LogP contribution in [-0.4, -0.2) is 32.4 Å². The number of nitrogens with one attached hydrogen (secondary N) is 1. The molecule has 0 amide bonds. The smallest absolute Gasteiger partial charge is 0.213 e. The molecule has 0 radical (unpaired) electrons. The second-order valence-corrected chi connectivity index (χ2v) is 3.53. The lowest BCUT2D eigenvalue weighted by atomic mass is 10.2. The van der Waals surface area contributed by atoms with E-state index in [1.807, 2.05) is 13.1 Å². The summed E-state index contributed by atoms with van der Waals surface area (Å²) in [5.41, 5.74) is 2.25. The maximum Gasteiger partial charge on any atom is 0.213 e. The van der Waals surface area contributed by atoms with Crippen LogP contribution >= 0.6 is 0 Å². The van der Waals surface area contributed by atoms with Crippen LogP contribution in [-0.2, 0) is 17.7 Å². The number of methoxy groups -OCH3 is 1. The van der Waals surface area contributed by atoms with Gasteiger partial charge in [-0.3, -0.25) is 0 Å². The van der Waals surface area contributed by atoms with E-state index in [4.69, 9.17) is 9.47 Å². The van der Waals surface area contributed by atoms with Crippen LogP contribution in [0.3, 0.4) is 0 Å². The van der Waals surface area contributed by atoms with E-state index in [-0.39, 0.29) is 0 Å². The van der Waals surface area contributed by atoms with E-state index < -0.39 is 0 Å². The van der Waals surface area contributed by atoms with Gasteiger partial charge in [0, 0.05) is 25.4 Å². The third-order valence-corrected chi connectivity index (χ3v) is 2.20. The first-order chi connectivity index (χ1) is 7.80. The van der Waals surface area contributed by atoms with Crippen LogP contribution in [0.15, 0.2) is 12.1 Å². The number of nitrogens with zero attached hydrogens (tertiary/aromatic N) is 1. The van der Waals surface area contributed by atoms with Crippen LogP contribution in [0.5, 0.6) is 5.88 Å². The van der Waals surface area contributed by atoms with Gasteiger partial charge in [0.25, 0.3) is 0 Å². The lowest BCUT2D eigenvalue weighted by molar-refractivity contribution is 0.143. The molecule has 90 valence electrons. The second-order valence-electron chi connectivity index (χ2n) is 3.53. The molecule has 0 saturated heterocycles. The lowest BCUT2D eigenvalue weighted by Gasteiger charge is -2.09. The summed E-state index contributed by atoms with van der Waals surface area (Å²) in [5, 5.41) is 3.12. The summed E-state index contributed by atoms with van der Waals surface area (Å²) in [6, 6.07) is 4.06. The van der Waals surface area contributed by atoms with Gasteiger partial charge >= 0.3 is 0 Å². The maximum atomic E-state index is 5.51. The Morgan fingerprint density at radius 2 is 2.12 bits per heavy atom. The predicted octanol–water partition coefficient (Wildman–Crippen LogP) is 1.39. The minimum atomic E-state index is 0.537. The molecular weight excluding hydrogens is 204 g/mol. The summed E-state index contributed by atoms with van der Waals surface area (Å²) in [6.45, 7) is 4.04. The van der Waals surface area contributed by atoms with Gasteiger partial charge in [0.2, 0.25) is 5.88 Å². The SMILES string of the molecule is CCc1cc(CNC)cc(OCCOC)n1. The fourth-order valence-electron chi connectivity index (χ4n) is 1.41. The monoisotopic (exact) mass is 224 g/mol. The van der Waals surface area contributed by atoms with Gasteiger partial charge in [-0.1, -0.05) is 6.92 Å². The molecule has 0 aliphatic carbocycles. The largest absolute Gasteiger partial charge is 0.475 e. The van der Waals surface area contributed by atoms with Crippen molar-refractivity contribution >= 4 is 0 Å². The molecule has 0 bridgehead atoms. The predicted molar refractivity (Wildman–Crippen MR) is 63.7 cm³/mol. The van der Waals surface area contributed by atoms with Crippen molar-refractivity contribution in [2.45, 2.75) is 19.9 Å². The van der Waals surface area contributed by atoms with E-state index in [0.717, 1.165) is 18.7 Å². The van der Waals surface area contributed by atoms with Crippen LogP contribution in [0.2, 0.25) is 0 Å². The Bertz CT molecular complexity index is 316. The Hall–Kier alpha value is -1.13. The van der Waals surface area contributed by atoms with Crippen molar-refractivity contribution in [3.63, 3.8) is 0 Å². The van der Waals surface area contributed by atoms with E-state index in [2.05, 4.69) is 23.3 Å².